The van der Waals surface area contributed by atoms with Crippen molar-refractivity contribution in [1.29, 1.82) is 0 Å². The van der Waals surface area contributed by atoms with Gasteiger partial charge in [-0.2, -0.15) is 0 Å². The van der Waals surface area contributed by atoms with E-state index in [1.54, 1.807) is 6.92 Å². The standard InChI is InChI=1S/C11H20O2.C9H12O5.C5H8O2/c1-4-6-7-8-9-13-11(12)10(3)5-2;1-7(3-2-4-8(11)12)9(13)14-6-5-10;1-4(2)5(6)7-3/h3-9H2,1-2H3;2,4,10H,1,3,5-6H2,(H,11,12);1H2,2-3H3. The molecule has 0 radical (unpaired) electrons. The Kier molecular flexibility index (Phi) is 25.4. The normalized spacial score (nSPS) is 9.44. The molecular formula is C25H40O9. The molecule has 0 aromatic carbocycles. The van der Waals surface area contributed by atoms with Gasteiger partial charge in [0.05, 0.1) is 20.3 Å². The number of aliphatic carboxylic acids is 1. The first-order chi connectivity index (χ1) is 16.0. The predicted octanol–water partition coefficient (Wildman–Crippen LogP) is 3.92. The van der Waals surface area contributed by atoms with Crippen LogP contribution in [0.3, 0.4) is 0 Å². The van der Waals surface area contributed by atoms with Crippen molar-refractivity contribution in [3.05, 3.63) is 48.6 Å². The third-order valence-corrected chi connectivity index (χ3v) is 3.72. The van der Waals surface area contributed by atoms with Gasteiger partial charge in [0, 0.05) is 22.8 Å². The molecule has 0 unspecified atom stereocenters. The van der Waals surface area contributed by atoms with Crippen molar-refractivity contribution in [3.63, 3.8) is 0 Å². The minimum absolute atomic E-state index is 0.0828. The third-order valence-electron chi connectivity index (χ3n) is 3.72. The summed E-state index contributed by atoms with van der Waals surface area (Å²) >= 11 is 0. The van der Waals surface area contributed by atoms with Gasteiger partial charge in [-0.3, -0.25) is 0 Å². The van der Waals surface area contributed by atoms with Crippen LogP contribution in [0.25, 0.3) is 0 Å². The van der Waals surface area contributed by atoms with Crippen molar-refractivity contribution in [1.82, 2.24) is 0 Å². The molecule has 9 heteroatoms. The Morgan fingerprint density at radius 3 is 1.82 bits per heavy atom. The molecule has 0 bridgehead atoms. The van der Waals surface area contributed by atoms with E-state index in [4.69, 9.17) is 14.9 Å². The summed E-state index contributed by atoms with van der Waals surface area (Å²) in [7, 11) is 1.33. The van der Waals surface area contributed by atoms with Gasteiger partial charge in [-0.05, 0) is 26.2 Å². The number of esters is 3. The monoisotopic (exact) mass is 484 g/mol. The van der Waals surface area contributed by atoms with Gasteiger partial charge >= 0.3 is 23.9 Å². The first-order valence-electron chi connectivity index (χ1n) is 10.9. The first-order valence-corrected chi connectivity index (χ1v) is 10.9. The van der Waals surface area contributed by atoms with Gasteiger partial charge in [0.1, 0.15) is 6.61 Å². The molecule has 0 aromatic rings. The summed E-state index contributed by atoms with van der Waals surface area (Å²) in [5.74, 6) is -2.30. The number of hydrogen-bond acceptors (Lipinski definition) is 8. The Morgan fingerprint density at radius 2 is 1.41 bits per heavy atom. The number of aliphatic hydroxyl groups is 1. The molecular weight excluding hydrogens is 444 g/mol. The number of unbranched alkanes of at least 4 members (excludes halogenated alkanes) is 3. The lowest BCUT2D eigenvalue weighted by Gasteiger charge is -2.04. The second-order valence-electron chi connectivity index (χ2n) is 6.83. The smallest absolute Gasteiger partial charge is 0.333 e. The van der Waals surface area contributed by atoms with Crippen LogP contribution in [0.5, 0.6) is 0 Å². The average molecular weight is 485 g/mol. The minimum atomic E-state index is -1.08. The van der Waals surface area contributed by atoms with Crippen molar-refractivity contribution in [3.8, 4) is 0 Å². The highest BCUT2D eigenvalue weighted by Crippen LogP contribution is 2.03. The molecule has 0 saturated heterocycles. The molecule has 2 N–H and O–H groups in total. The first kappa shape index (κ1) is 35.4. The van der Waals surface area contributed by atoms with Gasteiger partial charge in [0.2, 0.25) is 0 Å². The Bertz CT molecular complexity index is 690. The van der Waals surface area contributed by atoms with E-state index < -0.39 is 11.9 Å². The number of carbonyl (C=O) groups excluding carboxylic acids is 3. The van der Waals surface area contributed by atoms with E-state index in [0.29, 0.717) is 24.2 Å². The van der Waals surface area contributed by atoms with E-state index in [9.17, 15) is 19.2 Å². The zero-order valence-electron chi connectivity index (χ0n) is 20.9. The highest BCUT2D eigenvalue weighted by atomic mass is 16.5. The Balaban J connectivity index is -0.000000448. The van der Waals surface area contributed by atoms with Crippen LogP contribution in [0.1, 0.15) is 59.3 Å². The van der Waals surface area contributed by atoms with E-state index in [1.165, 1.54) is 26.0 Å². The van der Waals surface area contributed by atoms with Crippen LogP contribution in [-0.2, 0) is 33.4 Å². The number of aliphatic hydroxyl groups excluding tert-OH is 1. The molecule has 34 heavy (non-hydrogen) atoms. The maximum Gasteiger partial charge on any atom is 0.333 e. The molecule has 0 fully saturated rings. The number of rotatable bonds is 14. The highest BCUT2D eigenvalue weighted by molar-refractivity contribution is 5.88. The van der Waals surface area contributed by atoms with Gasteiger partial charge in [-0.1, -0.05) is 58.9 Å². The Morgan fingerprint density at radius 1 is 0.853 bits per heavy atom. The molecule has 0 spiro atoms. The number of allylic oxidation sites excluding steroid dienone is 1. The summed E-state index contributed by atoms with van der Waals surface area (Å²) in [6, 6.07) is 0. The number of carboxylic acids is 1. The minimum Gasteiger partial charge on any atom is -0.478 e. The lowest BCUT2D eigenvalue weighted by molar-refractivity contribution is -0.140. The van der Waals surface area contributed by atoms with Crippen LogP contribution in [0.4, 0.5) is 0 Å². The maximum absolute atomic E-state index is 11.1. The van der Waals surface area contributed by atoms with Gasteiger partial charge in [0.25, 0.3) is 0 Å². The van der Waals surface area contributed by atoms with Gasteiger partial charge < -0.3 is 24.4 Å². The molecule has 0 saturated carbocycles. The van der Waals surface area contributed by atoms with Crippen molar-refractivity contribution in [2.75, 3.05) is 26.9 Å². The quantitative estimate of drug-likeness (QED) is 0.163. The lowest BCUT2D eigenvalue weighted by atomic mass is 10.2. The molecule has 0 aliphatic heterocycles. The SMILES string of the molecule is C=C(C)C(=O)OC.C=C(CC)C(=O)OCCCCCC.C=C(CC=CC(=O)O)C(=O)OCCO. The van der Waals surface area contributed by atoms with Crippen molar-refractivity contribution in [2.24, 2.45) is 0 Å². The number of hydrogen-bond donors (Lipinski definition) is 2. The number of ether oxygens (including phenoxy) is 3. The fourth-order valence-electron chi connectivity index (χ4n) is 1.74. The van der Waals surface area contributed by atoms with Crippen molar-refractivity contribution in [2.45, 2.75) is 59.3 Å². The van der Waals surface area contributed by atoms with Crippen LogP contribution in [0, 0.1) is 0 Å². The summed E-state index contributed by atoms with van der Waals surface area (Å²) in [5.41, 5.74) is 1.15. The molecule has 0 rings (SSSR count). The maximum atomic E-state index is 11.1. The average Bonchev–Trinajstić information content (AvgIpc) is 2.81. The molecule has 0 aliphatic carbocycles. The summed E-state index contributed by atoms with van der Waals surface area (Å²) in [4.78, 5) is 42.3. The van der Waals surface area contributed by atoms with E-state index in [2.05, 4.69) is 36.1 Å². The fraction of sp³-hybridized carbons (Fsp3) is 0.520. The molecule has 194 valence electrons. The van der Waals surface area contributed by atoms with Gasteiger partial charge in [0.15, 0.2) is 0 Å². The third kappa shape index (κ3) is 25.1. The number of carbonyl (C=O) groups is 4. The largest absolute Gasteiger partial charge is 0.478 e. The second kappa shape index (κ2) is 24.4. The molecule has 0 amide bonds. The molecule has 0 aliphatic rings. The van der Waals surface area contributed by atoms with E-state index in [-0.39, 0.29) is 37.1 Å². The van der Waals surface area contributed by atoms with E-state index in [1.807, 2.05) is 6.92 Å². The highest BCUT2D eigenvalue weighted by Gasteiger charge is 2.06. The molecule has 0 atom stereocenters. The number of methoxy groups -OCH3 is 1. The molecule has 0 heterocycles. The second-order valence-corrected chi connectivity index (χ2v) is 6.83. The lowest BCUT2D eigenvalue weighted by Crippen LogP contribution is -2.09. The van der Waals surface area contributed by atoms with E-state index >= 15 is 0 Å². The van der Waals surface area contributed by atoms with Crippen molar-refractivity contribution >= 4 is 23.9 Å². The zero-order valence-corrected chi connectivity index (χ0v) is 20.9. The fourth-order valence-corrected chi connectivity index (χ4v) is 1.74. The Hall–Kier alpha value is -3.20. The predicted molar refractivity (Wildman–Crippen MR) is 130 cm³/mol. The topological polar surface area (TPSA) is 136 Å². The molecule has 9 nitrogen and oxygen atoms in total. The van der Waals surface area contributed by atoms with Crippen molar-refractivity contribution < 1.29 is 43.6 Å². The van der Waals surface area contributed by atoms with E-state index in [0.717, 1.165) is 18.9 Å². The van der Waals surface area contributed by atoms with Crippen LogP contribution in [-0.4, -0.2) is 61.0 Å². The molecule has 0 aromatic heterocycles. The van der Waals surface area contributed by atoms with Gasteiger partial charge in [-0.15, -0.1) is 0 Å². The summed E-state index contributed by atoms with van der Waals surface area (Å²) in [6.07, 6.45) is 7.54. The van der Waals surface area contributed by atoms with Crippen LogP contribution in [0.15, 0.2) is 48.6 Å². The van der Waals surface area contributed by atoms with Crippen LogP contribution >= 0.6 is 0 Å². The Labute approximate surface area is 202 Å². The summed E-state index contributed by atoms with van der Waals surface area (Å²) < 4.78 is 13.8. The zero-order chi connectivity index (χ0) is 26.9. The van der Waals surface area contributed by atoms with Gasteiger partial charge in [-0.25, -0.2) is 19.2 Å². The summed E-state index contributed by atoms with van der Waals surface area (Å²) in [6.45, 7) is 16.2. The van der Waals surface area contributed by atoms with Crippen LogP contribution < -0.4 is 0 Å². The number of carboxylic acid groups (broad SMARTS) is 1. The van der Waals surface area contributed by atoms with Crippen LogP contribution in [0.2, 0.25) is 0 Å². The summed E-state index contributed by atoms with van der Waals surface area (Å²) in [5, 5.41) is 16.6.